The summed E-state index contributed by atoms with van der Waals surface area (Å²) in [4.78, 5) is 2.51. The van der Waals surface area contributed by atoms with E-state index in [1.54, 1.807) is 0 Å². The lowest BCUT2D eigenvalue weighted by molar-refractivity contribution is 0.0834. The van der Waals surface area contributed by atoms with Crippen molar-refractivity contribution in [2.45, 2.75) is 26.3 Å². The van der Waals surface area contributed by atoms with Crippen LogP contribution in [0.1, 0.15) is 25.2 Å². The molecule has 0 bridgehead atoms. The smallest absolute Gasteiger partial charge is 0.134 e. The standard InChI is InChI=1S/C16H22N2O/c1-12-13-6-4-5-7-14(13)19-15(12)16(2,3)18-10-8-17-9-11-18/h4-7,17H,8-11H2,1-3H3. The average molecular weight is 258 g/mol. The lowest BCUT2D eigenvalue weighted by Gasteiger charge is -2.40. The molecule has 1 aromatic heterocycles. The second-order valence-electron chi connectivity index (χ2n) is 5.85. The van der Waals surface area contributed by atoms with Crippen molar-refractivity contribution in [2.24, 2.45) is 0 Å². The number of rotatable bonds is 2. The van der Waals surface area contributed by atoms with Gasteiger partial charge in [-0.15, -0.1) is 0 Å². The number of nitrogens with zero attached hydrogens (tertiary/aromatic N) is 1. The van der Waals surface area contributed by atoms with Gasteiger partial charge < -0.3 is 9.73 Å². The highest BCUT2D eigenvalue weighted by molar-refractivity contribution is 5.82. The van der Waals surface area contributed by atoms with E-state index in [9.17, 15) is 0 Å². The summed E-state index contributed by atoms with van der Waals surface area (Å²) in [7, 11) is 0. The summed E-state index contributed by atoms with van der Waals surface area (Å²) in [5, 5.41) is 4.64. The summed E-state index contributed by atoms with van der Waals surface area (Å²) in [6.07, 6.45) is 0. The first-order chi connectivity index (χ1) is 9.10. The molecule has 2 aromatic rings. The van der Waals surface area contributed by atoms with Crippen LogP contribution in [0.25, 0.3) is 11.0 Å². The van der Waals surface area contributed by atoms with Gasteiger partial charge in [-0.2, -0.15) is 0 Å². The third-order valence-electron chi connectivity index (χ3n) is 4.31. The van der Waals surface area contributed by atoms with Crippen LogP contribution in [0.4, 0.5) is 0 Å². The van der Waals surface area contributed by atoms with Crippen molar-refractivity contribution in [1.29, 1.82) is 0 Å². The van der Waals surface area contributed by atoms with Gasteiger partial charge in [-0.25, -0.2) is 0 Å². The van der Waals surface area contributed by atoms with E-state index in [1.165, 1.54) is 10.9 Å². The SMILES string of the molecule is Cc1c(C(C)(C)N2CCNCC2)oc2ccccc12. The molecule has 0 radical (unpaired) electrons. The Balaban J connectivity index is 2.04. The monoisotopic (exact) mass is 258 g/mol. The highest BCUT2D eigenvalue weighted by Crippen LogP contribution is 2.36. The van der Waals surface area contributed by atoms with Crippen LogP contribution >= 0.6 is 0 Å². The molecular weight excluding hydrogens is 236 g/mol. The molecule has 2 heterocycles. The normalized spacial score (nSPS) is 18.1. The van der Waals surface area contributed by atoms with Gasteiger partial charge >= 0.3 is 0 Å². The molecule has 1 N–H and O–H groups in total. The van der Waals surface area contributed by atoms with Crippen LogP contribution in [-0.2, 0) is 5.54 Å². The number of benzene rings is 1. The molecule has 3 heteroatoms. The number of fused-ring (bicyclic) bond motifs is 1. The summed E-state index contributed by atoms with van der Waals surface area (Å²) in [5.74, 6) is 1.11. The van der Waals surface area contributed by atoms with E-state index < -0.39 is 0 Å². The molecule has 1 aromatic carbocycles. The zero-order valence-corrected chi connectivity index (χ0v) is 12.0. The van der Waals surface area contributed by atoms with Crippen molar-refractivity contribution < 1.29 is 4.42 Å². The minimum Gasteiger partial charge on any atom is -0.459 e. The number of hydrogen-bond donors (Lipinski definition) is 1. The summed E-state index contributed by atoms with van der Waals surface area (Å²) < 4.78 is 6.15. The van der Waals surface area contributed by atoms with Crippen LogP contribution in [0.2, 0.25) is 0 Å². The molecule has 19 heavy (non-hydrogen) atoms. The van der Waals surface area contributed by atoms with Gasteiger partial charge in [0.15, 0.2) is 0 Å². The van der Waals surface area contributed by atoms with E-state index in [0.29, 0.717) is 0 Å². The maximum absolute atomic E-state index is 6.15. The molecule has 1 aliphatic rings. The van der Waals surface area contributed by atoms with Crippen LogP contribution in [0, 0.1) is 6.92 Å². The van der Waals surface area contributed by atoms with E-state index in [1.807, 2.05) is 6.07 Å². The number of hydrogen-bond acceptors (Lipinski definition) is 3. The van der Waals surface area contributed by atoms with E-state index in [0.717, 1.165) is 37.5 Å². The Morgan fingerprint density at radius 2 is 1.84 bits per heavy atom. The first-order valence-electron chi connectivity index (χ1n) is 7.05. The molecule has 3 rings (SSSR count). The predicted molar refractivity (Wildman–Crippen MR) is 78.4 cm³/mol. The third-order valence-corrected chi connectivity index (χ3v) is 4.31. The topological polar surface area (TPSA) is 28.4 Å². The van der Waals surface area contributed by atoms with Crippen LogP contribution in [0.15, 0.2) is 28.7 Å². The molecule has 3 nitrogen and oxygen atoms in total. The molecule has 0 unspecified atom stereocenters. The molecule has 0 amide bonds. The highest BCUT2D eigenvalue weighted by atomic mass is 16.3. The lowest BCUT2D eigenvalue weighted by atomic mass is 9.94. The average Bonchev–Trinajstić information content (AvgIpc) is 2.78. The fourth-order valence-electron chi connectivity index (χ4n) is 3.13. The minimum absolute atomic E-state index is 0.0504. The van der Waals surface area contributed by atoms with Crippen LogP contribution in [-0.4, -0.2) is 31.1 Å². The second kappa shape index (κ2) is 4.66. The van der Waals surface area contributed by atoms with Crippen molar-refractivity contribution in [3.05, 3.63) is 35.6 Å². The van der Waals surface area contributed by atoms with E-state index in [2.05, 4.69) is 49.2 Å². The van der Waals surface area contributed by atoms with Gasteiger partial charge in [0.1, 0.15) is 11.3 Å². The van der Waals surface area contributed by atoms with Crippen molar-refractivity contribution in [3.63, 3.8) is 0 Å². The van der Waals surface area contributed by atoms with Crippen LogP contribution in [0.5, 0.6) is 0 Å². The molecule has 102 valence electrons. The molecule has 1 fully saturated rings. The third kappa shape index (κ3) is 2.07. The van der Waals surface area contributed by atoms with Crippen LogP contribution in [0.3, 0.4) is 0 Å². The summed E-state index contributed by atoms with van der Waals surface area (Å²) in [6.45, 7) is 11.0. The van der Waals surface area contributed by atoms with Gasteiger partial charge in [-0.05, 0) is 26.8 Å². The Kier molecular flexibility index (Phi) is 3.11. The van der Waals surface area contributed by atoms with E-state index in [4.69, 9.17) is 4.42 Å². The van der Waals surface area contributed by atoms with Crippen molar-refractivity contribution >= 4 is 11.0 Å². The fourth-order valence-corrected chi connectivity index (χ4v) is 3.13. The molecule has 0 spiro atoms. The highest BCUT2D eigenvalue weighted by Gasteiger charge is 2.34. The zero-order valence-electron chi connectivity index (χ0n) is 12.0. The molecule has 1 aliphatic heterocycles. The molecule has 0 atom stereocenters. The Bertz CT molecular complexity index is 579. The minimum atomic E-state index is -0.0504. The Morgan fingerprint density at radius 3 is 2.53 bits per heavy atom. The number of para-hydroxylation sites is 1. The lowest BCUT2D eigenvalue weighted by Crippen LogP contribution is -2.51. The maximum Gasteiger partial charge on any atom is 0.134 e. The van der Waals surface area contributed by atoms with Crippen molar-refractivity contribution in [3.8, 4) is 0 Å². The van der Waals surface area contributed by atoms with Gasteiger partial charge in [-0.3, -0.25) is 4.90 Å². The first-order valence-corrected chi connectivity index (χ1v) is 7.05. The Labute approximate surface area is 114 Å². The Hall–Kier alpha value is -1.32. The number of aryl methyl sites for hydroxylation is 1. The first kappa shape index (κ1) is 12.7. The number of nitrogens with one attached hydrogen (secondary N) is 1. The van der Waals surface area contributed by atoms with Gasteiger partial charge in [0, 0.05) is 37.1 Å². The molecule has 1 saturated heterocycles. The largest absolute Gasteiger partial charge is 0.459 e. The fraction of sp³-hybridized carbons (Fsp3) is 0.500. The second-order valence-corrected chi connectivity index (χ2v) is 5.85. The van der Waals surface area contributed by atoms with Gasteiger partial charge in [0.25, 0.3) is 0 Å². The molecule has 0 aliphatic carbocycles. The van der Waals surface area contributed by atoms with E-state index >= 15 is 0 Å². The Morgan fingerprint density at radius 1 is 1.16 bits per heavy atom. The summed E-state index contributed by atoms with van der Waals surface area (Å²) >= 11 is 0. The zero-order chi connectivity index (χ0) is 13.5. The number of piperazine rings is 1. The molecule has 0 saturated carbocycles. The van der Waals surface area contributed by atoms with Crippen LogP contribution < -0.4 is 5.32 Å². The number of furan rings is 1. The van der Waals surface area contributed by atoms with Crippen molar-refractivity contribution in [2.75, 3.05) is 26.2 Å². The van der Waals surface area contributed by atoms with Gasteiger partial charge in [0.2, 0.25) is 0 Å². The van der Waals surface area contributed by atoms with Gasteiger partial charge in [-0.1, -0.05) is 18.2 Å². The van der Waals surface area contributed by atoms with Gasteiger partial charge in [0.05, 0.1) is 5.54 Å². The quantitative estimate of drug-likeness (QED) is 0.898. The van der Waals surface area contributed by atoms with E-state index in [-0.39, 0.29) is 5.54 Å². The predicted octanol–water partition coefficient (Wildman–Crippen LogP) is 2.88. The maximum atomic E-state index is 6.15. The van der Waals surface area contributed by atoms with Crippen molar-refractivity contribution in [1.82, 2.24) is 10.2 Å². The summed E-state index contributed by atoms with van der Waals surface area (Å²) in [5.41, 5.74) is 2.22. The summed E-state index contributed by atoms with van der Waals surface area (Å²) in [6, 6.07) is 8.31. The molecular formula is C16H22N2O.